The predicted octanol–water partition coefficient (Wildman–Crippen LogP) is 4.46. The average molecular weight is 842 g/mol. The molecule has 0 spiro atoms. The largest absolute Gasteiger partial charge is 0.460 e. The smallest absolute Gasteiger partial charge is 0.329 e. The third-order valence-corrected chi connectivity index (χ3v) is 9.69. The number of nitrogens with two attached hydrogens (primary N) is 1. The molecule has 0 unspecified atom stereocenters. The van der Waals surface area contributed by atoms with Gasteiger partial charge in [-0.2, -0.15) is 0 Å². The van der Waals surface area contributed by atoms with Crippen LogP contribution in [0.3, 0.4) is 0 Å². The highest BCUT2D eigenvalue weighted by Gasteiger charge is 2.31. The second-order valence-corrected chi connectivity index (χ2v) is 16.8. The van der Waals surface area contributed by atoms with Crippen molar-refractivity contribution in [2.24, 2.45) is 17.6 Å². The molecule has 1 aliphatic rings. The number of ether oxygens (including phenoxy) is 2. The van der Waals surface area contributed by atoms with E-state index in [2.05, 4.69) is 43.9 Å². The summed E-state index contributed by atoms with van der Waals surface area (Å²) >= 11 is 2.22. The van der Waals surface area contributed by atoms with Crippen molar-refractivity contribution in [3.05, 3.63) is 33.4 Å². The number of urea groups is 1. The van der Waals surface area contributed by atoms with Crippen molar-refractivity contribution >= 4 is 58.2 Å². The Morgan fingerprint density at radius 1 is 0.827 bits per heavy atom. The first-order valence-corrected chi connectivity index (χ1v) is 19.4. The van der Waals surface area contributed by atoms with E-state index in [-0.39, 0.29) is 36.4 Å². The van der Waals surface area contributed by atoms with Crippen LogP contribution in [0.1, 0.15) is 112 Å². The van der Waals surface area contributed by atoms with Crippen molar-refractivity contribution < 1.29 is 38.2 Å². The molecule has 1 saturated carbocycles. The molecule has 4 amide bonds. The Balaban J connectivity index is 1.95. The molecule has 0 saturated heterocycles. The Bertz CT molecular complexity index is 1370. The van der Waals surface area contributed by atoms with Gasteiger partial charge >= 0.3 is 18.0 Å². The van der Waals surface area contributed by atoms with Crippen molar-refractivity contribution in [1.82, 2.24) is 21.3 Å². The van der Waals surface area contributed by atoms with Gasteiger partial charge in [-0.1, -0.05) is 18.2 Å². The molecule has 0 aromatic heterocycles. The normalized spacial score (nSPS) is 17.9. The average Bonchev–Trinajstić information content (AvgIpc) is 3.04. The number of Topliss-reactive ketones (excluding diaryl/α,β-unsaturated/α-hetero) is 1. The summed E-state index contributed by atoms with van der Waals surface area (Å²) in [6, 6.07) is 4.24. The third kappa shape index (κ3) is 17.5. The standard InChI is InChI=1S/C38H60IN5O8/c1-24(45)29(43-36(50)44-30(35(49)52-38(5,6)7)19-20-32(46)51-37(2,3)4)14-10-11-21-41-34(48)31(22-27-12-8-9-13-28(27)39)42-33(47)26-17-15-25(23-40)16-18-26/h8-9,12-13,25-26,29-31H,10-11,14-23,40H2,1-7H3,(H,41,48)(H,42,47)(H2,43,44,50)/t25-,26-,29-,30-,31-/m0/s1. The van der Waals surface area contributed by atoms with E-state index in [1.54, 1.807) is 41.5 Å². The molecule has 1 aromatic rings. The van der Waals surface area contributed by atoms with Crippen LogP contribution in [0.2, 0.25) is 0 Å². The van der Waals surface area contributed by atoms with Gasteiger partial charge in [0, 0.05) is 28.9 Å². The molecule has 0 bridgehead atoms. The quantitative estimate of drug-likeness (QED) is 0.0806. The molecule has 6 N–H and O–H groups in total. The Labute approximate surface area is 322 Å². The third-order valence-electron chi connectivity index (χ3n) is 8.63. The molecule has 1 aromatic carbocycles. The van der Waals surface area contributed by atoms with E-state index in [9.17, 15) is 28.8 Å². The van der Waals surface area contributed by atoms with E-state index in [4.69, 9.17) is 15.2 Å². The van der Waals surface area contributed by atoms with Gasteiger partial charge < -0.3 is 36.5 Å². The molecule has 0 aliphatic heterocycles. The molecule has 1 fully saturated rings. The number of hydrogen-bond donors (Lipinski definition) is 5. The summed E-state index contributed by atoms with van der Waals surface area (Å²) in [6.45, 7) is 12.6. The maximum atomic E-state index is 13.4. The molecule has 292 valence electrons. The van der Waals surface area contributed by atoms with Gasteiger partial charge in [-0.15, -0.1) is 0 Å². The second kappa shape index (κ2) is 21.4. The van der Waals surface area contributed by atoms with Gasteiger partial charge in [-0.25, -0.2) is 9.59 Å². The topological polar surface area (TPSA) is 195 Å². The number of hydrogen-bond acceptors (Lipinski definition) is 9. The first kappa shape index (κ1) is 44.9. The van der Waals surface area contributed by atoms with Crippen LogP contribution < -0.4 is 27.0 Å². The molecule has 1 aliphatic carbocycles. The van der Waals surface area contributed by atoms with Crippen LogP contribution in [-0.2, 0) is 39.9 Å². The molecular weight excluding hydrogens is 781 g/mol. The zero-order valence-corrected chi connectivity index (χ0v) is 34.1. The molecule has 0 heterocycles. The van der Waals surface area contributed by atoms with Crippen LogP contribution in [0.15, 0.2) is 24.3 Å². The van der Waals surface area contributed by atoms with Crippen LogP contribution in [0.5, 0.6) is 0 Å². The monoisotopic (exact) mass is 841 g/mol. The Hall–Kier alpha value is -3.27. The maximum Gasteiger partial charge on any atom is 0.329 e. The van der Waals surface area contributed by atoms with Crippen LogP contribution in [0.4, 0.5) is 4.79 Å². The van der Waals surface area contributed by atoms with E-state index in [0.717, 1.165) is 34.8 Å². The lowest BCUT2D eigenvalue weighted by Crippen LogP contribution is -2.52. The fourth-order valence-electron chi connectivity index (χ4n) is 5.86. The number of benzene rings is 1. The number of ketones is 1. The van der Waals surface area contributed by atoms with Crippen LogP contribution in [0, 0.1) is 15.4 Å². The fourth-order valence-corrected chi connectivity index (χ4v) is 6.47. The van der Waals surface area contributed by atoms with Gasteiger partial charge in [0.05, 0.1) is 6.04 Å². The number of unbranched alkanes of at least 4 members (excludes halogenated alkanes) is 1. The number of halogens is 1. The van der Waals surface area contributed by atoms with Gasteiger partial charge in [-0.3, -0.25) is 19.2 Å². The Morgan fingerprint density at radius 2 is 1.44 bits per heavy atom. The first-order valence-electron chi connectivity index (χ1n) is 18.3. The molecular formula is C38H60IN5O8. The summed E-state index contributed by atoms with van der Waals surface area (Å²) in [5.41, 5.74) is 5.25. The molecule has 2 rings (SSSR count). The van der Waals surface area contributed by atoms with Crippen molar-refractivity contribution in [2.75, 3.05) is 13.1 Å². The van der Waals surface area contributed by atoms with Crippen molar-refractivity contribution in [3.63, 3.8) is 0 Å². The van der Waals surface area contributed by atoms with Crippen molar-refractivity contribution in [2.45, 2.75) is 142 Å². The number of carbonyl (C=O) groups excluding carboxylic acids is 6. The second-order valence-electron chi connectivity index (χ2n) is 15.6. The van der Waals surface area contributed by atoms with Crippen LogP contribution in [-0.4, -0.2) is 78.0 Å². The molecule has 52 heavy (non-hydrogen) atoms. The fraction of sp³-hybridized carbons (Fsp3) is 0.684. The number of nitrogens with one attached hydrogen (secondary N) is 4. The highest BCUT2D eigenvalue weighted by atomic mass is 127. The summed E-state index contributed by atoms with van der Waals surface area (Å²) in [7, 11) is 0. The van der Waals surface area contributed by atoms with Crippen molar-refractivity contribution in [1.29, 1.82) is 0 Å². The Morgan fingerprint density at radius 3 is 2.02 bits per heavy atom. The zero-order chi connectivity index (χ0) is 39.1. The molecule has 13 nitrogen and oxygen atoms in total. The van der Waals surface area contributed by atoms with Crippen LogP contribution >= 0.6 is 22.6 Å². The van der Waals surface area contributed by atoms with Crippen molar-refractivity contribution in [3.8, 4) is 0 Å². The SMILES string of the molecule is CC(=O)[C@H](CCCCNC(=O)[C@H](Cc1ccccc1I)NC(=O)[C@H]1CC[C@H](CN)CC1)NC(=O)N[C@@H](CCC(=O)OC(C)(C)C)C(=O)OC(C)(C)C. The molecule has 3 atom stereocenters. The van der Waals surface area contributed by atoms with Gasteiger partial charge in [0.25, 0.3) is 0 Å². The number of rotatable bonds is 18. The first-order chi connectivity index (χ1) is 24.3. The van der Waals surface area contributed by atoms with Crippen LogP contribution in [0.25, 0.3) is 0 Å². The van der Waals surface area contributed by atoms with E-state index in [1.165, 1.54) is 6.92 Å². The zero-order valence-electron chi connectivity index (χ0n) is 31.9. The Kier molecular flexibility index (Phi) is 18.5. The minimum atomic E-state index is -1.15. The number of amides is 4. The summed E-state index contributed by atoms with van der Waals surface area (Å²) in [6.07, 6.45) is 4.78. The van der Waals surface area contributed by atoms with Gasteiger partial charge in [0.1, 0.15) is 23.3 Å². The van der Waals surface area contributed by atoms with Gasteiger partial charge in [0.15, 0.2) is 5.78 Å². The van der Waals surface area contributed by atoms with Gasteiger partial charge in [0.2, 0.25) is 11.8 Å². The lowest BCUT2D eigenvalue weighted by molar-refractivity contribution is -0.158. The predicted molar refractivity (Wildman–Crippen MR) is 207 cm³/mol. The summed E-state index contributed by atoms with van der Waals surface area (Å²) < 4.78 is 11.8. The van der Waals surface area contributed by atoms with E-state index in [1.807, 2.05) is 24.3 Å². The lowest BCUT2D eigenvalue weighted by Gasteiger charge is -2.28. The van der Waals surface area contributed by atoms with Gasteiger partial charge in [-0.05, 0) is 147 Å². The highest BCUT2D eigenvalue weighted by molar-refractivity contribution is 14.1. The minimum absolute atomic E-state index is 0.0536. The highest BCUT2D eigenvalue weighted by Crippen LogP contribution is 2.28. The summed E-state index contributed by atoms with van der Waals surface area (Å²) in [5, 5.41) is 11.1. The number of esters is 2. The van der Waals surface area contributed by atoms with E-state index < -0.39 is 47.3 Å². The maximum absolute atomic E-state index is 13.4. The lowest BCUT2D eigenvalue weighted by atomic mass is 9.81. The number of carbonyl (C=O) groups is 6. The minimum Gasteiger partial charge on any atom is -0.460 e. The molecule has 14 heteroatoms. The van der Waals surface area contributed by atoms with E-state index in [0.29, 0.717) is 44.7 Å². The van der Waals surface area contributed by atoms with E-state index >= 15 is 0 Å². The summed E-state index contributed by atoms with van der Waals surface area (Å²) in [4.78, 5) is 77.3. The summed E-state index contributed by atoms with van der Waals surface area (Å²) in [5.74, 6) is -1.63. The molecule has 0 radical (unpaired) electrons.